The Bertz CT molecular complexity index is 583. The van der Waals surface area contributed by atoms with Gasteiger partial charge in [0, 0.05) is 6.42 Å². The molecule has 0 fully saturated rings. The van der Waals surface area contributed by atoms with Crippen LogP contribution in [-0.4, -0.2) is 18.6 Å². The second kappa shape index (κ2) is 4.97. The van der Waals surface area contributed by atoms with E-state index in [4.69, 9.17) is 20.8 Å². The van der Waals surface area contributed by atoms with Crippen LogP contribution in [0.25, 0.3) is 0 Å². The summed E-state index contributed by atoms with van der Waals surface area (Å²) in [7, 11) is 0. The first-order chi connectivity index (χ1) is 9.22. The second-order valence-electron chi connectivity index (χ2n) is 4.37. The van der Waals surface area contributed by atoms with Crippen molar-refractivity contribution in [3.05, 3.63) is 52.9 Å². The van der Waals surface area contributed by atoms with Crippen molar-refractivity contribution in [2.75, 3.05) is 6.54 Å². The average Bonchev–Trinajstić information content (AvgIpc) is 3.01. The normalized spacial score (nSPS) is 16.8. The second-order valence-corrected chi connectivity index (χ2v) is 4.74. The minimum atomic E-state index is -0.286. The molecule has 3 rings (SSSR count). The summed E-state index contributed by atoms with van der Waals surface area (Å²) in [6.45, 7) is 0.436. The number of rotatable bonds is 3. The van der Waals surface area contributed by atoms with Gasteiger partial charge in [-0.3, -0.25) is 4.79 Å². The first-order valence-electron chi connectivity index (χ1n) is 6.00. The summed E-state index contributed by atoms with van der Waals surface area (Å²) in [5.74, 6) is 0.815. The number of benzene rings is 1. The highest BCUT2D eigenvalue weighted by Crippen LogP contribution is 2.27. The van der Waals surface area contributed by atoms with Crippen LogP contribution in [-0.2, 0) is 6.42 Å². The molecule has 0 unspecified atom stereocenters. The molecule has 0 saturated carbocycles. The van der Waals surface area contributed by atoms with Gasteiger partial charge in [-0.2, -0.15) is 0 Å². The summed E-state index contributed by atoms with van der Waals surface area (Å²) >= 11 is 5.62. The third-order valence-electron chi connectivity index (χ3n) is 3.00. The zero-order chi connectivity index (χ0) is 13.2. The molecular weight excluding hydrogens is 266 g/mol. The van der Waals surface area contributed by atoms with Crippen molar-refractivity contribution in [2.45, 2.75) is 12.5 Å². The number of fused-ring (bicyclic) bond motifs is 1. The summed E-state index contributed by atoms with van der Waals surface area (Å²) in [4.78, 5) is 11.8. The van der Waals surface area contributed by atoms with Crippen LogP contribution in [0.15, 0.2) is 40.8 Å². The lowest BCUT2D eigenvalue weighted by Crippen LogP contribution is -2.34. The number of nitrogens with one attached hydrogen (secondary N) is 1. The number of carbonyl (C=O) groups is 1. The molecule has 98 valence electrons. The van der Waals surface area contributed by atoms with E-state index in [1.54, 1.807) is 12.1 Å². The predicted molar refractivity (Wildman–Crippen MR) is 70.6 cm³/mol. The van der Waals surface area contributed by atoms with Gasteiger partial charge in [0.25, 0.3) is 5.91 Å². The summed E-state index contributed by atoms with van der Waals surface area (Å²) in [5.41, 5.74) is 1.17. The number of hydrogen-bond acceptors (Lipinski definition) is 3. The first-order valence-corrected chi connectivity index (χ1v) is 6.38. The van der Waals surface area contributed by atoms with Crippen LogP contribution in [0.3, 0.4) is 0 Å². The van der Waals surface area contributed by atoms with E-state index >= 15 is 0 Å². The van der Waals surface area contributed by atoms with Crippen LogP contribution < -0.4 is 10.1 Å². The number of carbonyl (C=O) groups excluding carboxylic acids is 1. The number of hydrogen-bond donors (Lipinski definition) is 1. The zero-order valence-electron chi connectivity index (χ0n) is 10.1. The van der Waals surface area contributed by atoms with E-state index in [2.05, 4.69) is 5.32 Å². The molecule has 0 spiro atoms. The van der Waals surface area contributed by atoms with Gasteiger partial charge >= 0.3 is 0 Å². The van der Waals surface area contributed by atoms with E-state index in [1.807, 2.05) is 24.3 Å². The van der Waals surface area contributed by atoms with Crippen molar-refractivity contribution in [1.29, 1.82) is 0 Å². The monoisotopic (exact) mass is 277 g/mol. The van der Waals surface area contributed by atoms with Crippen molar-refractivity contribution in [1.82, 2.24) is 5.32 Å². The van der Waals surface area contributed by atoms with Crippen LogP contribution in [0.5, 0.6) is 5.75 Å². The van der Waals surface area contributed by atoms with Crippen LogP contribution in [0, 0.1) is 0 Å². The molecule has 0 bridgehead atoms. The van der Waals surface area contributed by atoms with Crippen LogP contribution >= 0.6 is 11.6 Å². The Morgan fingerprint density at radius 2 is 2.16 bits per heavy atom. The number of para-hydroxylation sites is 1. The molecule has 2 heterocycles. The highest BCUT2D eigenvalue weighted by Gasteiger charge is 2.23. The number of ether oxygens (including phenoxy) is 1. The van der Waals surface area contributed by atoms with Crippen molar-refractivity contribution in [3.63, 3.8) is 0 Å². The summed E-state index contributed by atoms with van der Waals surface area (Å²) in [5, 5.41) is 2.98. The number of amides is 1. The fraction of sp³-hybridized carbons (Fsp3) is 0.214. The van der Waals surface area contributed by atoms with Gasteiger partial charge in [-0.25, -0.2) is 0 Å². The van der Waals surface area contributed by atoms with Crippen molar-refractivity contribution < 1.29 is 13.9 Å². The van der Waals surface area contributed by atoms with Gasteiger partial charge in [-0.05, 0) is 35.4 Å². The lowest BCUT2D eigenvalue weighted by molar-refractivity contribution is 0.0906. The fourth-order valence-electron chi connectivity index (χ4n) is 2.10. The Kier molecular flexibility index (Phi) is 3.17. The maximum Gasteiger partial charge on any atom is 0.287 e. The molecule has 1 aliphatic rings. The molecule has 2 aromatic rings. The lowest BCUT2D eigenvalue weighted by Gasteiger charge is -2.10. The molecule has 0 aliphatic carbocycles. The Morgan fingerprint density at radius 1 is 1.32 bits per heavy atom. The third kappa shape index (κ3) is 2.58. The van der Waals surface area contributed by atoms with E-state index in [1.165, 1.54) is 5.56 Å². The lowest BCUT2D eigenvalue weighted by atomic mass is 10.1. The molecule has 1 aromatic carbocycles. The standard InChI is InChI=1S/C14H12ClNO3/c15-13-6-5-12(19-13)14(17)16-8-10-7-9-3-1-2-4-11(9)18-10/h1-6,10H,7-8H2,(H,16,17)/t10-/m1/s1. The molecule has 0 radical (unpaired) electrons. The molecule has 1 aliphatic heterocycles. The SMILES string of the molecule is O=C(NC[C@H]1Cc2ccccc2O1)c1ccc(Cl)o1. The largest absolute Gasteiger partial charge is 0.488 e. The molecule has 1 N–H and O–H groups in total. The summed E-state index contributed by atoms with van der Waals surface area (Å²) in [6, 6.07) is 11.0. The smallest absolute Gasteiger partial charge is 0.287 e. The molecule has 5 heteroatoms. The van der Waals surface area contributed by atoms with Crippen LogP contribution in [0.1, 0.15) is 16.1 Å². The van der Waals surface area contributed by atoms with E-state index in [0.29, 0.717) is 6.54 Å². The Hall–Kier alpha value is -1.94. The van der Waals surface area contributed by atoms with E-state index in [0.717, 1.165) is 12.2 Å². The van der Waals surface area contributed by atoms with Gasteiger partial charge in [-0.1, -0.05) is 18.2 Å². The van der Waals surface area contributed by atoms with Crippen LogP contribution in [0.4, 0.5) is 0 Å². The topological polar surface area (TPSA) is 51.5 Å². The molecule has 0 saturated heterocycles. The Labute approximate surface area is 115 Å². The highest BCUT2D eigenvalue weighted by molar-refractivity contribution is 6.29. The van der Waals surface area contributed by atoms with Gasteiger partial charge in [0.1, 0.15) is 11.9 Å². The quantitative estimate of drug-likeness (QED) is 0.938. The van der Waals surface area contributed by atoms with Gasteiger partial charge in [-0.15, -0.1) is 0 Å². The molecule has 1 atom stereocenters. The van der Waals surface area contributed by atoms with Gasteiger partial charge in [0.15, 0.2) is 11.0 Å². The number of halogens is 1. The van der Waals surface area contributed by atoms with Gasteiger partial charge in [0.2, 0.25) is 0 Å². The Morgan fingerprint density at radius 3 is 2.89 bits per heavy atom. The average molecular weight is 278 g/mol. The first kappa shape index (κ1) is 12.1. The van der Waals surface area contributed by atoms with Gasteiger partial charge in [0.05, 0.1) is 6.54 Å². The maximum atomic E-state index is 11.8. The molecule has 1 amide bonds. The van der Waals surface area contributed by atoms with E-state index in [-0.39, 0.29) is 23.0 Å². The van der Waals surface area contributed by atoms with Crippen LogP contribution in [0.2, 0.25) is 5.22 Å². The highest BCUT2D eigenvalue weighted by atomic mass is 35.5. The molecule has 1 aromatic heterocycles. The van der Waals surface area contributed by atoms with Gasteiger partial charge < -0.3 is 14.5 Å². The van der Waals surface area contributed by atoms with Crippen molar-refractivity contribution in [3.8, 4) is 5.75 Å². The van der Waals surface area contributed by atoms with Crippen molar-refractivity contribution in [2.24, 2.45) is 0 Å². The molecule has 4 nitrogen and oxygen atoms in total. The van der Waals surface area contributed by atoms with Crippen molar-refractivity contribution >= 4 is 17.5 Å². The Balaban J connectivity index is 1.56. The molecule has 19 heavy (non-hydrogen) atoms. The maximum absolute atomic E-state index is 11.8. The summed E-state index contributed by atoms with van der Waals surface area (Å²) < 4.78 is 10.8. The summed E-state index contributed by atoms with van der Waals surface area (Å²) in [6.07, 6.45) is 0.766. The minimum Gasteiger partial charge on any atom is -0.488 e. The van der Waals surface area contributed by atoms with E-state index < -0.39 is 0 Å². The minimum absolute atomic E-state index is 0.0354. The fourth-order valence-corrected chi connectivity index (χ4v) is 2.24. The predicted octanol–water partition coefficient (Wildman–Crippen LogP) is 2.67. The third-order valence-corrected chi connectivity index (χ3v) is 3.20. The molecular formula is C14H12ClNO3. The van der Waals surface area contributed by atoms with E-state index in [9.17, 15) is 4.79 Å². The zero-order valence-corrected chi connectivity index (χ0v) is 10.8. The number of furan rings is 1.